The van der Waals surface area contributed by atoms with Gasteiger partial charge >= 0.3 is 0 Å². The molecule has 3 rings (SSSR count). The zero-order chi connectivity index (χ0) is 16.8. The highest BCUT2D eigenvalue weighted by atomic mass is 19.1. The molecule has 0 aliphatic carbocycles. The highest BCUT2D eigenvalue weighted by Crippen LogP contribution is 2.15. The molecule has 0 saturated carbocycles. The summed E-state index contributed by atoms with van der Waals surface area (Å²) in [5.41, 5.74) is 2.80. The van der Waals surface area contributed by atoms with Crippen molar-refractivity contribution in [3.8, 4) is 0 Å². The van der Waals surface area contributed by atoms with Gasteiger partial charge in [0.05, 0.1) is 0 Å². The van der Waals surface area contributed by atoms with Crippen molar-refractivity contribution in [1.29, 1.82) is 0 Å². The molecule has 2 aromatic carbocycles. The molecule has 2 N–H and O–H groups in total. The maximum absolute atomic E-state index is 13.6. The predicted molar refractivity (Wildman–Crippen MR) is 95.1 cm³/mol. The van der Waals surface area contributed by atoms with Gasteiger partial charge in [0, 0.05) is 18.4 Å². The van der Waals surface area contributed by atoms with E-state index in [1.807, 2.05) is 37.3 Å². The third-order valence-corrected chi connectivity index (χ3v) is 3.59. The van der Waals surface area contributed by atoms with Gasteiger partial charge in [-0.15, -0.1) is 0 Å². The van der Waals surface area contributed by atoms with Crippen molar-refractivity contribution in [2.45, 2.75) is 13.3 Å². The standard InChI is InChI=1S/C19H19FN4/c1-14-5-4-7-16(13-14)23-19-22-12-10-18(24-19)21-11-9-15-6-2-3-8-17(15)20/h2-8,10,12-13H,9,11H2,1H3,(H2,21,22,23,24). The Balaban J connectivity index is 1.60. The number of aromatic nitrogens is 2. The van der Waals surface area contributed by atoms with Gasteiger partial charge in [-0.05, 0) is 48.7 Å². The van der Waals surface area contributed by atoms with Gasteiger partial charge in [0.1, 0.15) is 11.6 Å². The second-order valence-electron chi connectivity index (χ2n) is 5.53. The summed E-state index contributed by atoms with van der Waals surface area (Å²) >= 11 is 0. The molecule has 0 fully saturated rings. The minimum Gasteiger partial charge on any atom is -0.370 e. The Labute approximate surface area is 140 Å². The van der Waals surface area contributed by atoms with Gasteiger partial charge in [0.2, 0.25) is 5.95 Å². The summed E-state index contributed by atoms with van der Waals surface area (Å²) in [4.78, 5) is 8.65. The largest absolute Gasteiger partial charge is 0.370 e. The van der Waals surface area contributed by atoms with Crippen LogP contribution in [0.1, 0.15) is 11.1 Å². The minimum atomic E-state index is -0.177. The van der Waals surface area contributed by atoms with Crippen molar-refractivity contribution in [3.63, 3.8) is 0 Å². The topological polar surface area (TPSA) is 49.8 Å². The number of benzene rings is 2. The fourth-order valence-corrected chi connectivity index (χ4v) is 2.40. The van der Waals surface area contributed by atoms with E-state index in [0.29, 0.717) is 30.3 Å². The van der Waals surface area contributed by atoms with Crippen molar-refractivity contribution < 1.29 is 4.39 Å². The van der Waals surface area contributed by atoms with Crippen molar-refractivity contribution in [3.05, 3.63) is 77.7 Å². The van der Waals surface area contributed by atoms with Gasteiger partial charge in [-0.1, -0.05) is 30.3 Å². The second kappa shape index (κ2) is 7.55. The first kappa shape index (κ1) is 15.9. The van der Waals surface area contributed by atoms with Crippen molar-refractivity contribution >= 4 is 17.5 Å². The lowest BCUT2D eigenvalue weighted by Gasteiger charge is -2.09. The molecule has 0 amide bonds. The molecule has 24 heavy (non-hydrogen) atoms. The van der Waals surface area contributed by atoms with Crippen molar-refractivity contribution in [2.75, 3.05) is 17.2 Å². The Morgan fingerprint density at radius 1 is 1.04 bits per heavy atom. The van der Waals surface area contributed by atoms with Crippen LogP contribution in [-0.2, 0) is 6.42 Å². The van der Waals surface area contributed by atoms with E-state index in [4.69, 9.17) is 0 Å². The van der Waals surface area contributed by atoms with E-state index >= 15 is 0 Å². The molecule has 1 aromatic heterocycles. The molecule has 3 aromatic rings. The third-order valence-electron chi connectivity index (χ3n) is 3.59. The van der Waals surface area contributed by atoms with E-state index in [1.165, 1.54) is 11.6 Å². The fourth-order valence-electron chi connectivity index (χ4n) is 2.40. The third kappa shape index (κ3) is 4.29. The molecule has 0 atom stereocenters. The van der Waals surface area contributed by atoms with Gasteiger partial charge in [0.25, 0.3) is 0 Å². The van der Waals surface area contributed by atoms with Crippen LogP contribution in [0.25, 0.3) is 0 Å². The molecule has 0 aliphatic heterocycles. The highest BCUT2D eigenvalue weighted by Gasteiger charge is 2.02. The lowest BCUT2D eigenvalue weighted by molar-refractivity contribution is 0.610. The van der Waals surface area contributed by atoms with Crippen LogP contribution >= 0.6 is 0 Å². The average molecular weight is 322 g/mol. The van der Waals surface area contributed by atoms with Gasteiger partial charge < -0.3 is 10.6 Å². The maximum Gasteiger partial charge on any atom is 0.229 e. The smallest absolute Gasteiger partial charge is 0.229 e. The summed E-state index contributed by atoms with van der Waals surface area (Å²) in [6, 6.07) is 16.6. The van der Waals surface area contributed by atoms with Gasteiger partial charge in [-0.25, -0.2) is 9.37 Å². The van der Waals surface area contributed by atoms with E-state index in [1.54, 1.807) is 24.4 Å². The zero-order valence-electron chi connectivity index (χ0n) is 13.5. The zero-order valence-corrected chi connectivity index (χ0v) is 13.5. The van der Waals surface area contributed by atoms with Crippen LogP contribution < -0.4 is 10.6 Å². The van der Waals surface area contributed by atoms with Crippen molar-refractivity contribution in [2.24, 2.45) is 0 Å². The quantitative estimate of drug-likeness (QED) is 0.709. The van der Waals surface area contributed by atoms with Crippen LogP contribution in [0.3, 0.4) is 0 Å². The number of rotatable bonds is 6. The minimum absolute atomic E-state index is 0.177. The van der Waals surface area contributed by atoms with Crippen LogP contribution in [0.2, 0.25) is 0 Å². The number of nitrogens with one attached hydrogen (secondary N) is 2. The highest BCUT2D eigenvalue weighted by molar-refractivity contribution is 5.55. The molecule has 0 saturated heterocycles. The van der Waals surface area contributed by atoms with Gasteiger partial charge in [-0.3, -0.25) is 0 Å². The maximum atomic E-state index is 13.6. The number of aryl methyl sites for hydroxylation is 1. The Hall–Kier alpha value is -2.95. The summed E-state index contributed by atoms with van der Waals surface area (Å²) in [5, 5.41) is 6.38. The molecular formula is C19H19FN4. The molecule has 0 spiro atoms. The first-order chi connectivity index (χ1) is 11.7. The predicted octanol–water partition coefficient (Wildman–Crippen LogP) is 4.32. The van der Waals surface area contributed by atoms with E-state index in [2.05, 4.69) is 20.6 Å². The van der Waals surface area contributed by atoms with E-state index < -0.39 is 0 Å². The first-order valence-corrected chi connectivity index (χ1v) is 7.85. The van der Waals surface area contributed by atoms with Crippen LogP contribution in [-0.4, -0.2) is 16.5 Å². The van der Waals surface area contributed by atoms with Crippen LogP contribution in [0.4, 0.5) is 21.8 Å². The summed E-state index contributed by atoms with van der Waals surface area (Å²) < 4.78 is 13.6. The summed E-state index contributed by atoms with van der Waals surface area (Å²) in [6.07, 6.45) is 2.29. The number of hydrogen-bond donors (Lipinski definition) is 2. The van der Waals surface area contributed by atoms with E-state index in [0.717, 1.165) is 5.69 Å². The molecule has 4 nitrogen and oxygen atoms in total. The molecule has 0 aliphatic rings. The molecular weight excluding hydrogens is 303 g/mol. The van der Waals surface area contributed by atoms with Gasteiger partial charge in [0.15, 0.2) is 0 Å². The Morgan fingerprint density at radius 2 is 1.92 bits per heavy atom. The molecule has 1 heterocycles. The number of hydrogen-bond acceptors (Lipinski definition) is 4. The SMILES string of the molecule is Cc1cccc(Nc2nccc(NCCc3ccccc3F)n2)c1. The summed E-state index contributed by atoms with van der Waals surface area (Å²) in [6.45, 7) is 2.63. The monoisotopic (exact) mass is 322 g/mol. The second-order valence-corrected chi connectivity index (χ2v) is 5.53. The lowest BCUT2D eigenvalue weighted by atomic mass is 10.1. The molecule has 0 unspecified atom stereocenters. The van der Waals surface area contributed by atoms with Crippen LogP contribution in [0, 0.1) is 12.7 Å². The van der Waals surface area contributed by atoms with E-state index in [-0.39, 0.29) is 5.82 Å². The number of halogens is 1. The number of nitrogens with zero attached hydrogens (tertiary/aromatic N) is 2. The Bertz CT molecular complexity index is 820. The van der Waals surface area contributed by atoms with E-state index in [9.17, 15) is 4.39 Å². The van der Waals surface area contributed by atoms with Crippen LogP contribution in [0.5, 0.6) is 0 Å². The Kier molecular flexibility index (Phi) is 5.01. The Morgan fingerprint density at radius 3 is 2.75 bits per heavy atom. The summed E-state index contributed by atoms with van der Waals surface area (Å²) in [7, 11) is 0. The molecule has 122 valence electrons. The molecule has 0 radical (unpaired) electrons. The molecule has 5 heteroatoms. The number of anilines is 3. The first-order valence-electron chi connectivity index (χ1n) is 7.85. The molecule has 0 bridgehead atoms. The lowest BCUT2D eigenvalue weighted by Crippen LogP contribution is -2.08. The van der Waals surface area contributed by atoms with Gasteiger partial charge in [-0.2, -0.15) is 4.98 Å². The summed E-state index contributed by atoms with van der Waals surface area (Å²) in [5.74, 6) is 1.05. The fraction of sp³-hybridized carbons (Fsp3) is 0.158. The van der Waals surface area contributed by atoms with Crippen molar-refractivity contribution in [1.82, 2.24) is 9.97 Å². The normalized spacial score (nSPS) is 10.4. The van der Waals surface area contributed by atoms with Crippen LogP contribution in [0.15, 0.2) is 60.8 Å². The average Bonchev–Trinajstić information content (AvgIpc) is 2.57.